The zero-order valence-corrected chi connectivity index (χ0v) is 17.7. The molecule has 0 aromatic heterocycles. The fourth-order valence-corrected chi connectivity index (χ4v) is 6.30. The van der Waals surface area contributed by atoms with Crippen molar-refractivity contribution in [2.45, 2.75) is 31.6 Å². The Hall–Kier alpha value is -2.26. The first-order valence-corrected chi connectivity index (χ1v) is 12.0. The summed E-state index contributed by atoms with van der Waals surface area (Å²) in [6, 6.07) is 9.90. The fourth-order valence-electron chi connectivity index (χ4n) is 3.27. The van der Waals surface area contributed by atoms with Crippen LogP contribution in [-0.4, -0.2) is 36.2 Å². The van der Waals surface area contributed by atoms with Gasteiger partial charge in [-0.2, -0.15) is 0 Å². The summed E-state index contributed by atoms with van der Waals surface area (Å²) in [4.78, 5) is -0.101. The molecule has 28 heavy (non-hydrogen) atoms. The fraction of sp³-hybridized carbons (Fsp3) is 0.368. The molecule has 0 radical (unpaired) electrons. The SMILES string of the molecule is COc1ccc(N2CCCCS2(=O)=O)cc1S(=O)(=O)Nc1c(C)cccc1C. The van der Waals surface area contributed by atoms with Crippen LogP contribution in [0.15, 0.2) is 41.3 Å². The van der Waals surface area contributed by atoms with Gasteiger partial charge in [0.05, 0.1) is 24.2 Å². The summed E-state index contributed by atoms with van der Waals surface area (Å²) in [5, 5.41) is 0. The van der Waals surface area contributed by atoms with Crippen LogP contribution in [0, 0.1) is 13.8 Å². The van der Waals surface area contributed by atoms with Crippen molar-refractivity contribution in [2.75, 3.05) is 28.4 Å². The standard InChI is InChI=1S/C19H24N2O5S2/c1-14-7-6-8-15(2)19(14)20-28(24,25)18-13-16(9-10-17(18)26-3)21-11-4-5-12-27(21,22)23/h6-10,13,20H,4-5,11-12H2,1-3H3. The van der Waals surface area contributed by atoms with Gasteiger partial charge in [0.1, 0.15) is 10.6 Å². The van der Waals surface area contributed by atoms with Gasteiger partial charge in [-0.1, -0.05) is 18.2 Å². The molecule has 0 saturated carbocycles. The van der Waals surface area contributed by atoms with Crippen molar-refractivity contribution in [3.8, 4) is 5.75 Å². The molecule has 0 unspecified atom stereocenters. The van der Waals surface area contributed by atoms with E-state index >= 15 is 0 Å². The highest BCUT2D eigenvalue weighted by Crippen LogP contribution is 2.33. The van der Waals surface area contributed by atoms with Crippen LogP contribution in [-0.2, 0) is 20.0 Å². The highest BCUT2D eigenvalue weighted by atomic mass is 32.2. The lowest BCUT2D eigenvalue weighted by Gasteiger charge is -2.28. The van der Waals surface area contributed by atoms with Crippen molar-refractivity contribution < 1.29 is 21.6 Å². The second-order valence-electron chi connectivity index (χ2n) is 6.80. The summed E-state index contributed by atoms with van der Waals surface area (Å²) >= 11 is 0. The Kier molecular flexibility index (Phi) is 5.58. The Morgan fingerprint density at radius 1 is 1.07 bits per heavy atom. The second-order valence-corrected chi connectivity index (χ2v) is 10.5. The van der Waals surface area contributed by atoms with Gasteiger partial charge in [-0.3, -0.25) is 9.03 Å². The predicted octanol–water partition coefficient (Wildman–Crippen LogP) is 3.04. The highest BCUT2D eigenvalue weighted by molar-refractivity contribution is 7.93. The zero-order valence-electron chi connectivity index (χ0n) is 16.1. The normalized spacial score (nSPS) is 16.6. The first-order valence-electron chi connectivity index (χ1n) is 8.93. The summed E-state index contributed by atoms with van der Waals surface area (Å²) in [5.41, 5.74) is 2.40. The van der Waals surface area contributed by atoms with Crippen molar-refractivity contribution in [2.24, 2.45) is 0 Å². The van der Waals surface area contributed by atoms with E-state index in [0.717, 1.165) is 17.5 Å². The van der Waals surface area contributed by atoms with Crippen LogP contribution in [0.4, 0.5) is 11.4 Å². The van der Waals surface area contributed by atoms with Gasteiger partial charge in [0.15, 0.2) is 0 Å². The maximum atomic E-state index is 13.1. The molecule has 0 amide bonds. The summed E-state index contributed by atoms with van der Waals surface area (Å²) in [5.74, 6) is 0.207. The molecule has 9 heteroatoms. The molecule has 7 nitrogen and oxygen atoms in total. The molecular weight excluding hydrogens is 400 g/mol. The van der Waals surface area contributed by atoms with E-state index in [1.807, 2.05) is 32.0 Å². The van der Waals surface area contributed by atoms with Gasteiger partial charge >= 0.3 is 0 Å². The lowest BCUT2D eigenvalue weighted by molar-refractivity contribution is 0.403. The van der Waals surface area contributed by atoms with Crippen LogP contribution in [0.1, 0.15) is 24.0 Å². The van der Waals surface area contributed by atoms with E-state index in [9.17, 15) is 16.8 Å². The predicted molar refractivity (Wildman–Crippen MR) is 110 cm³/mol. The van der Waals surface area contributed by atoms with Gasteiger partial charge in [-0.05, 0) is 56.0 Å². The molecule has 1 N–H and O–H groups in total. The molecule has 1 aliphatic heterocycles. The molecule has 3 rings (SSSR count). The number of hydrogen-bond acceptors (Lipinski definition) is 5. The largest absolute Gasteiger partial charge is 0.495 e. The number of para-hydroxylation sites is 1. The van der Waals surface area contributed by atoms with Crippen LogP contribution in [0.5, 0.6) is 5.75 Å². The number of methoxy groups -OCH3 is 1. The van der Waals surface area contributed by atoms with Gasteiger partial charge in [-0.25, -0.2) is 16.8 Å². The van der Waals surface area contributed by atoms with Crippen molar-refractivity contribution in [3.05, 3.63) is 47.5 Å². The third-order valence-corrected chi connectivity index (χ3v) is 8.03. The summed E-state index contributed by atoms with van der Waals surface area (Å²) in [6.07, 6.45) is 1.34. The highest BCUT2D eigenvalue weighted by Gasteiger charge is 2.29. The van der Waals surface area contributed by atoms with Gasteiger partial charge in [-0.15, -0.1) is 0 Å². The summed E-state index contributed by atoms with van der Waals surface area (Å²) in [6.45, 7) is 3.97. The Morgan fingerprint density at radius 3 is 2.36 bits per heavy atom. The van der Waals surface area contributed by atoms with E-state index in [2.05, 4.69) is 4.72 Å². The van der Waals surface area contributed by atoms with Crippen LogP contribution in [0.3, 0.4) is 0 Å². The lowest BCUT2D eigenvalue weighted by atomic mass is 10.1. The Balaban J connectivity index is 2.07. The molecule has 0 atom stereocenters. The molecular formula is C19H24N2O5S2. The molecule has 2 aromatic carbocycles. The van der Waals surface area contributed by atoms with Crippen molar-refractivity contribution in [1.29, 1.82) is 0 Å². The Morgan fingerprint density at radius 2 is 1.75 bits per heavy atom. The number of sulfonamides is 2. The van der Waals surface area contributed by atoms with Crippen LogP contribution in [0.2, 0.25) is 0 Å². The third-order valence-electron chi connectivity index (χ3n) is 4.79. The van der Waals surface area contributed by atoms with Crippen LogP contribution < -0.4 is 13.8 Å². The number of aryl methyl sites for hydroxylation is 2. The number of benzene rings is 2. The first-order chi connectivity index (χ1) is 13.2. The molecule has 0 aliphatic carbocycles. The molecule has 152 valence electrons. The smallest absolute Gasteiger partial charge is 0.265 e. The van der Waals surface area contributed by atoms with E-state index in [-0.39, 0.29) is 16.4 Å². The molecule has 1 fully saturated rings. The maximum Gasteiger partial charge on any atom is 0.265 e. The number of rotatable bonds is 5. The first kappa shape index (κ1) is 20.5. The molecule has 0 spiro atoms. The zero-order chi connectivity index (χ0) is 20.5. The van der Waals surface area contributed by atoms with E-state index in [1.165, 1.54) is 23.5 Å². The molecule has 1 heterocycles. The monoisotopic (exact) mass is 424 g/mol. The molecule has 0 bridgehead atoms. The molecule has 1 saturated heterocycles. The minimum atomic E-state index is -4.00. The van der Waals surface area contributed by atoms with Crippen LogP contribution in [0.25, 0.3) is 0 Å². The van der Waals surface area contributed by atoms with Crippen molar-refractivity contribution in [3.63, 3.8) is 0 Å². The topological polar surface area (TPSA) is 92.8 Å². The second kappa shape index (κ2) is 7.63. The lowest BCUT2D eigenvalue weighted by Crippen LogP contribution is -2.37. The Labute approximate surface area is 166 Å². The average Bonchev–Trinajstić information content (AvgIpc) is 2.64. The summed E-state index contributed by atoms with van der Waals surface area (Å²) < 4.78 is 60.2. The minimum Gasteiger partial charge on any atom is -0.495 e. The average molecular weight is 425 g/mol. The maximum absolute atomic E-state index is 13.1. The number of anilines is 2. The number of nitrogens with one attached hydrogen (secondary N) is 1. The van der Waals surface area contributed by atoms with E-state index in [1.54, 1.807) is 6.07 Å². The van der Waals surface area contributed by atoms with Gasteiger partial charge < -0.3 is 4.74 Å². The number of hydrogen-bond donors (Lipinski definition) is 1. The Bertz CT molecular complexity index is 1080. The molecule has 2 aromatic rings. The third kappa shape index (κ3) is 3.95. The number of nitrogens with zero attached hydrogens (tertiary/aromatic N) is 1. The van der Waals surface area contributed by atoms with Crippen molar-refractivity contribution in [1.82, 2.24) is 0 Å². The number of ether oxygens (including phenoxy) is 1. The van der Waals surface area contributed by atoms with Crippen molar-refractivity contribution >= 4 is 31.4 Å². The molecule has 1 aliphatic rings. The minimum absolute atomic E-state index is 0.0573. The van der Waals surface area contributed by atoms with E-state index in [0.29, 0.717) is 24.3 Å². The van der Waals surface area contributed by atoms with E-state index < -0.39 is 20.0 Å². The van der Waals surface area contributed by atoms with Gasteiger partial charge in [0.2, 0.25) is 10.0 Å². The van der Waals surface area contributed by atoms with Gasteiger partial charge in [0, 0.05) is 6.54 Å². The summed E-state index contributed by atoms with van der Waals surface area (Å²) in [7, 11) is -6.07. The van der Waals surface area contributed by atoms with E-state index in [4.69, 9.17) is 4.74 Å². The van der Waals surface area contributed by atoms with Crippen LogP contribution >= 0.6 is 0 Å². The van der Waals surface area contributed by atoms with Gasteiger partial charge in [0.25, 0.3) is 10.0 Å². The quantitative estimate of drug-likeness (QED) is 0.796.